The van der Waals surface area contributed by atoms with Gasteiger partial charge in [0.25, 0.3) is 0 Å². The molecular formula is C16H15F4N. The van der Waals surface area contributed by atoms with Gasteiger partial charge in [-0.1, -0.05) is 30.3 Å². The summed E-state index contributed by atoms with van der Waals surface area (Å²) in [5.41, 5.74) is 0.274. The molecule has 0 aliphatic carbocycles. The normalized spacial score (nSPS) is 13.2. The summed E-state index contributed by atoms with van der Waals surface area (Å²) in [5, 5.41) is 2.83. The Morgan fingerprint density at radius 3 is 2.29 bits per heavy atom. The van der Waals surface area contributed by atoms with Crippen LogP contribution in [0.15, 0.2) is 42.5 Å². The van der Waals surface area contributed by atoms with Crippen molar-refractivity contribution in [2.24, 2.45) is 0 Å². The molecule has 1 unspecified atom stereocenters. The van der Waals surface area contributed by atoms with Crippen LogP contribution in [0.1, 0.15) is 28.3 Å². The minimum Gasteiger partial charge on any atom is -0.309 e. The van der Waals surface area contributed by atoms with Crippen molar-refractivity contribution in [1.82, 2.24) is 5.32 Å². The predicted molar refractivity (Wildman–Crippen MR) is 73.5 cm³/mol. The fraction of sp³-hybridized carbons (Fsp3) is 0.250. The van der Waals surface area contributed by atoms with E-state index in [1.165, 1.54) is 18.2 Å². The number of nitrogens with one attached hydrogen (secondary N) is 1. The molecule has 0 aromatic heterocycles. The molecule has 1 N–H and O–H groups in total. The van der Waals surface area contributed by atoms with Gasteiger partial charge >= 0.3 is 6.18 Å². The maximum absolute atomic E-state index is 13.7. The molecule has 21 heavy (non-hydrogen) atoms. The van der Waals surface area contributed by atoms with E-state index in [-0.39, 0.29) is 5.56 Å². The highest BCUT2D eigenvalue weighted by molar-refractivity contribution is 5.39. The molecule has 0 saturated heterocycles. The lowest BCUT2D eigenvalue weighted by atomic mass is 9.93. The van der Waals surface area contributed by atoms with Crippen molar-refractivity contribution in [3.8, 4) is 0 Å². The molecule has 0 heterocycles. The summed E-state index contributed by atoms with van der Waals surface area (Å²) in [7, 11) is 1.55. The monoisotopic (exact) mass is 297 g/mol. The van der Waals surface area contributed by atoms with Crippen LogP contribution in [0.25, 0.3) is 0 Å². The van der Waals surface area contributed by atoms with Crippen LogP contribution in [0.3, 0.4) is 0 Å². The van der Waals surface area contributed by atoms with Gasteiger partial charge in [0.15, 0.2) is 0 Å². The minimum absolute atomic E-state index is 0.0794. The zero-order valence-electron chi connectivity index (χ0n) is 11.6. The average Bonchev–Trinajstić information content (AvgIpc) is 2.43. The average molecular weight is 297 g/mol. The second-order valence-corrected chi connectivity index (χ2v) is 4.82. The third-order valence-corrected chi connectivity index (χ3v) is 3.40. The summed E-state index contributed by atoms with van der Waals surface area (Å²) in [5.74, 6) is -0.433. The fourth-order valence-electron chi connectivity index (χ4n) is 2.30. The molecule has 2 aromatic rings. The molecule has 112 valence electrons. The number of rotatable bonds is 3. The first-order valence-corrected chi connectivity index (χ1v) is 6.44. The Morgan fingerprint density at radius 1 is 1.05 bits per heavy atom. The largest absolute Gasteiger partial charge is 0.416 e. The summed E-state index contributed by atoms with van der Waals surface area (Å²) >= 11 is 0. The van der Waals surface area contributed by atoms with Crippen LogP contribution in [0.4, 0.5) is 17.6 Å². The second kappa shape index (κ2) is 5.85. The van der Waals surface area contributed by atoms with Crippen molar-refractivity contribution < 1.29 is 17.6 Å². The van der Waals surface area contributed by atoms with Gasteiger partial charge in [-0.25, -0.2) is 4.39 Å². The highest BCUT2D eigenvalue weighted by atomic mass is 19.4. The highest BCUT2D eigenvalue weighted by Crippen LogP contribution is 2.36. The zero-order valence-corrected chi connectivity index (χ0v) is 11.6. The van der Waals surface area contributed by atoms with Gasteiger partial charge in [-0.3, -0.25) is 0 Å². The lowest BCUT2D eigenvalue weighted by Gasteiger charge is -2.22. The Bertz CT molecular complexity index is 634. The molecule has 0 radical (unpaired) electrons. The summed E-state index contributed by atoms with van der Waals surface area (Å²) < 4.78 is 53.0. The molecule has 0 spiro atoms. The van der Waals surface area contributed by atoms with Crippen molar-refractivity contribution in [3.05, 3.63) is 70.5 Å². The Kier molecular flexibility index (Phi) is 4.32. The molecule has 0 bridgehead atoms. The van der Waals surface area contributed by atoms with E-state index in [1.54, 1.807) is 32.2 Å². The summed E-state index contributed by atoms with van der Waals surface area (Å²) in [6.45, 7) is 1.61. The first-order valence-electron chi connectivity index (χ1n) is 6.44. The molecule has 0 aliphatic rings. The molecule has 0 amide bonds. The molecule has 2 aromatic carbocycles. The Hall–Kier alpha value is -1.88. The van der Waals surface area contributed by atoms with E-state index in [9.17, 15) is 17.6 Å². The summed E-state index contributed by atoms with van der Waals surface area (Å²) in [6, 6.07) is 9.06. The maximum atomic E-state index is 13.7. The molecule has 1 nitrogen and oxygen atoms in total. The molecule has 0 fully saturated rings. The highest BCUT2D eigenvalue weighted by Gasteiger charge is 2.35. The minimum atomic E-state index is -4.45. The van der Waals surface area contributed by atoms with Crippen LogP contribution < -0.4 is 5.32 Å². The van der Waals surface area contributed by atoms with Gasteiger partial charge in [0, 0.05) is 0 Å². The number of hydrogen-bond acceptors (Lipinski definition) is 1. The summed E-state index contributed by atoms with van der Waals surface area (Å²) in [6.07, 6.45) is -4.45. The molecule has 5 heteroatoms. The maximum Gasteiger partial charge on any atom is 0.416 e. The van der Waals surface area contributed by atoms with Crippen LogP contribution in [-0.2, 0) is 6.18 Å². The third kappa shape index (κ3) is 3.24. The lowest BCUT2D eigenvalue weighted by Crippen LogP contribution is -2.22. The van der Waals surface area contributed by atoms with Gasteiger partial charge in [0.1, 0.15) is 5.82 Å². The molecule has 2 rings (SSSR count). The van der Waals surface area contributed by atoms with E-state index >= 15 is 0 Å². The number of alkyl halides is 3. The van der Waals surface area contributed by atoms with Crippen LogP contribution >= 0.6 is 0 Å². The lowest BCUT2D eigenvalue weighted by molar-refractivity contribution is -0.138. The van der Waals surface area contributed by atoms with Crippen LogP contribution in [0, 0.1) is 12.7 Å². The quantitative estimate of drug-likeness (QED) is 0.825. The Labute approximate surface area is 120 Å². The summed E-state index contributed by atoms with van der Waals surface area (Å²) in [4.78, 5) is 0. The van der Waals surface area contributed by atoms with E-state index in [4.69, 9.17) is 0 Å². The molecule has 1 atom stereocenters. The van der Waals surface area contributed by atoms with Gasteiger partial charge in [-0.2, -0.15) is 13.2 Å². The van der Waals surface area contributed by atoms with Gasteiger partial charge < -0.3 is 5.32 Å². The number of aryl methyl sites for hydroxylation is 1. The SMILES string of the molecule is CNC(c1ccc(C)c(F)c1)c1ccccc1C(F)(F)F. The molecular weight excluding hydrogens is 282 g/mol. The van der Waals surface area contributed by atoms with Gasteiger partial charge in [-0.05, 0) is 42.8 Å². The van der Waals surface area contributed by atoms with E-state index in [0.29, 0.717) is 11.1 Å². The van der Waals surface area contributed by atoms with Gasteiger partial charge in [0.05, 0.1) is 11.6 Å². The van der Waals surface area contributed by atoms with Crippen molar-refractivity contribution in [1.29, 1.82) is 0 Å². The third-order valence-electron chi connectivity index (χ3n) is 3.40. The zero-order chi connectivity index (χ0) is 15.6. The smallest absolute Gasteiger partial charge is 0.309 e. The molecule has 0 saturated carbocycles. The van der Waals surface area contributed by atoms with E-state index in [0.717, 1.165) is 6.07 Å². The van der Waals surface area contributed by atoms with Crippen molar-refractivity contribution in [3.63, 3.8) is 0 Å². The Morgan fingerprint density at radius 2 is 1.71 bits per heavy atom. The van der Waals surface area contributed by atoms with Crippen molar-refractivity contribution in [2.75, 3.05) is 7.05 Å². The Balaban J connectivity index is 2.54. The van der Waals surface area contributed by atoms with Gasteiger partial charge in [0.2, 0.25) is 0 Å². The van der Waals surface area contributed by atoms with Crippen molar-refractivity contribution in [2.45, 2.75) is 19.1 Å². The van der Waals surface area contributed by atoms with E-state index in [1.807, 2.05) is 0 Å². The predicted octanol–water partition coefficient (Wildman–Crippen LogP) is 4.46. The molecule has 0 aliphatic heterocycles. The second-order valence-electron chi connectivity index (χ2n) is 4.82. The first kappa shape index (κ1) is 15.5. The topological polar surface area (TPSA) is 12.0 Å². The fourth-order valence-corrected chi connectivity index (χ4v) is 2.30. The number of halogens is 4. The van der Waals surface area contributed by atoms with Crippen LogP contribution in [0.5, 0.6) is 0 Å². The van der Waals surface area contributed by atoms with Gasteiger partial charge in [-0.15, -0.1) is 0 Å². The van der Waals surface area contributed by atoms with Crippen LogP contribution in [-0.4, -0.2) is 7.05 Å². The standard InChI is InChI=1S/C16H15F4N/c1-10-7-8-11(9-14(10)17)15(21-2)12-5-3-4-6-13(12)16(18,19)20/h3-9,15,21H,1-2H3. The first-order chi connectivity index (χ1) is 9.84. The van der Waals surface area contributed by atoms with Crippen LogP contribution in [0.2, 0.25) is 0 Å². The van der Waals surface area contributed by atoms with E-state index < -0.39 is 23.6 Å². The number of benzene rings is 2. The van der Waals surface area contributed by atoms with E-state index in [2.05, 4.69) is 5.32 Å². The van der Waals surface area contributed by atoms with Crippen molar-refractivity contribution >= 4 is 0 Å². The number of hydrogen-bond donors (Lipinski definition) is 1.